The minimum absolute atomic E-state index is 0.0129. The Bertz CT molecular complexity index is 1010. The summed E-state index contributed by atoms with van der Waals surface area (Å²) >= 11 is 3.03. The van der Waals surface area contributed by atoms with Gasteiger partial charge in [-0.1, -0.05) is 0 Å². The van der Waals surface area contributed by atoms with Crippen LogP contribution in [-0.2, 0) is 33.8 Å². The topological polar surface area (TPSA) is 81.0 Å². The molecule has 0 saturated carbocycles. The van der Waals surface area contributed by atoms with Crippen molar-refractivity contribution >= 4 is 39.9 Å². The van der Waals surface area contributed by atoms with Crippen molar-refractivity contribution in [1.29, 1.82) is 0 Å². The zero-order chi connectivity index (χ0) is 18.6. The van der Waals surface area contributed by atoms with Crippen molar-refractivity contribution in [3.8, 4) is 0 Å². The molecule has 1 atom stereocenters. The predicted molar refractivity (Wildman–Crippen MR) is 102 cm³/mol. The maximum Gasteiger partial charge on any atom is 0.343 e. The van der Waals surface area contributed by atoms with Gasteiger partial charge in [-0.15, -0.1) is 23.1 Å². The van der Waals surface area contributed by atoms with Crippen molar-refractivity contribution in [2.45, 2.75) is 50.0 Å². The van der Waals surface area contributed by atoms with Gasteiger partial charge in [-0.25, -0.2) is 9.78 Å². The number of rotatable bonds is 3. The van der Waals surface area contributed by atoms with E-state index in [1.807, 2.05) is 0 Å². The quantitative estimate of drug-likeness (QED) is 0.724. The summed E-state index contributed by atoms with van der Waals surface area (Å²) in [5.74, 6) is 0.356. The molecule has 1 amide bonds. The summed E-state index contributed by atoms with van der Waals surface area (Å²) in [7, 11) is 0. The molecule has 0 aromatic carbocycles. The Morgan fingerprint density at radius 3 is 3.00 bits per heavy atom. The summed E-state index contributed by atoms with van der Waals surface area (Å²) in [6.45, 7) is 0.544. The van der Waals surface area contributed by atoms with Crippen LogP contribution in [0.4, 0.5) is 0 Å². The monoisotopic (exact) mass is 405 g/mol. The third kappa shape index (κ3) is 2.62. The maximum absolute atomic E-state index is 12.7. The average Bonchev–Trinajstić information content (AvgIpc) is 3.33. The minimum Gasteiger partial charge on any atom is -0.457 e. The Morgan fingerprint density at radius 1 is 1.26 bits per heavy atom. The Labute approximate surface area is 163 Å². The van der Waals surface area contributed by atoms with E-state index in [0.717, 1.165) is 37.1 Å². The molecule has 142 valence electrons. The van der Waals surface area contributed by atoms with Gasteiger partial charge < -0.3 is 9.64 Å². The first-order chi connectivity index (χ1) is 13.1. The van der Waals surface area contributed by atoms with Crippen molar-refractivity contribution in [1.82, 2.24) is 14.3 Å². The highest BCUT2D eigenvalue weighted by Gasteiger charge is 2.55. The van der Waals surface area contributed by atoms with E-state index >= 15 is 0 Å². The van der Waals surface area contributed by atoms with E-state index in [-0.39, 0.29) is 18.1 Å². The highest BCUT2D eigenvalue weighted by molar-refractivity contribution is 8.01. The SMILES string of the molecule is O=C1CC[C@@]2(C(=O)OCc3cc(=O)n4c5c(sc4n3)CCCC5)SCCN12. The van der Waals surface area contributed by atoms with Crippen molar-refractivity contribution in [3.63, 3.8) is 0 Å². The summed E-state index contributed by atoms with van der Waals surface area (Å²) < 4.78 is 7.21. The smallest absolute Gasteiger partial charge is 0.343 e. The number of carbonyl (C=O) groups excluding carboxylic acids is 2. The van der Waals surface area contributed by atoms with Crippen molar-refractivity contribution in [3.05, 3.63) is 32.7 Å². The number of hydrogen-bond acceptors (Lipinski definition) is 7. The number of thiazole rings is 1. The molecule has 0 spiro atoms. The largest absolute Gasteiger partial charge is 0.457 e. The normalized spacial score (nSPS) is 24.3. The first kappa shape index (κ1) is 17.2. The van der Waals surface area contributed by atoms with Crippen LogP contribution in [0.5, 0.6) is 0 Å². The van der Waals surface area contributed by atoms with E-state index in [4.69, 9.17) is 4.74 Å². The van der Waals surface area contributed by atoms with Gasteiger partial charge in [0.1, 0.15) is 6.61 Å². The third-order valence-electron chi connectivity index (χ3n) is 5.56. The van der Waals surface area contributed by atoms with Gasteiger partial charge in [0, 0.05) is 35.4 Å². The molecule has 4 heterocycles. The van der Waals surface area contributed by atoms with Gasteiger partial charge in [0.2, 0.25) is 5.91 Å². The average molecular weight is 406 g/mol. The van der Waals surface area contributed by atoms with Gasteiger partial charge in [-0.2, -0.15) is 0 Å². The van der Waals surface area contributed by atoms with Crippen LogP contribution in [0.25, 0.3) is 4.96 Å². The van der Waals surface area contributed by atoms with E-state index in [2.05, 4.69) is 4.98 Å². The van der Waals surface area contributed by atoms with Crippen LogP contribution >= 0.6 is 23.1 Å². The zero-order valence-electron chi connectivity index (χ0n) is 14.7. The summed E-state index contributed by atoms with van der Waals surface area (Å²) in [5, 5.41) is 0. The fourth-order valence-corrected chi connectivity index (χ4v) is 6.86. The molecule has 7 nitrogen and oxygen atoms in total. The van der Waals surface area contributed by atoms with Gasteiger partial charge in [0.05, 0.1) is 5.69 Å². The molecule has 0 N–H and O–H groups in total. The molecule has 2 aliphatic heterocycles. The fraction of sp³-hybridized carbons (Fsp3) is 0.556. The maximum atomic E-state index is 12.7. The molecule has 2 saturated heterocycles. The number of aryl methyl sites for hydroxylation is 2. The Balaban J connectivity index is 1.38. The molecule has 3 aliphatic rings. The van der Waals surface area contributed by atoms with Gasteiger partial charge in [-0.3, -0.25) is 14.0 Å². The van der Waals surface area contributed by atoms with Gasteiger partial charge >= 0.3 is 5.97 Å². The van der Waals surface area contributed by atoms with Gasteiger partial charge in [0.15, 0.2) is 9.83 Å². The lowest BCUT2D eigenvalue weighted by molar-refractivity contribution is -0.154. The number of amides is 1. The lowest BCUT2D eigenvalue weighted by Crippen LogP contribution is -2.46. The molecule has 2 fully saturated rings. The van der Waals surface area contributed by atoms with E-state index < -0.39 is 10.8 Å². The zero-order valence-corrected chi connectivity index (χ0v) is 16.4. The summed E-state index contributed by atoms with van der Waals surface area (Å²) in [5.41, 5.74) is 1.43. The molecular weight excluding hydrogens is 386 g/mol. The summed E-state index contributed by atoms with van der Waals surface area (Å²) in [6, 6.07) is 1.46. The fourth-order valence-electron chi connectivity index (χ4n) is 4.25. The van der Waals surface area contributed by atoms with Crippen LogP contribution in [0.1, 0.15) is 41.9 Å². The second-order valence-corrected chi connectivity index (χ2v) is 9.57. The standard InChI is InChI=1S/C18H19N3O4S2/c22-14-5-6-18(20(14)7-8-26-18)16(24)25-10-11-9-15(23)21-12-3-1-2-4-13(12)27-17(21)19-11/h9H,1-8,10H2/t18-/m0/s1. The van der Waals surface area contributed by atoms with Crippen LogP contribution in [-0.4, -0.2) is 43.3 Å². The first-order valence-electron chi connectivity index (χ1n) is 9.23. The summed E-state index contributed by atoms with van der Waals surface area (Å²) in [4.78, 5) is 44.5. The van der Waals surface area contributed by atoms with Crippen LogP contribution in [0.3, 0.4) is 0 Å². The second kappa shape index (κ2) is 6.34. The number of ether oxygens (including phenoxy) is 1. The third-order valence-corrected chi connectivity index (χ3v) is 8.15. The number of thioether (sulfide) groups is 1. The van der Waals surface area contributed by atoms with Gasteiger partial charge in [-0.05, 0) is 32.1 Å². The molecule has 1 aliphatic carbocycles. The number of nitrogens with zero attached hydrogens (tertiary/aromatic N) is 3. The molecule has 5 rings (SSSR count). The first-order valence-corrected chi connectivity index (χ1v) is 11.0. The van der Waals surface area contributed by atoms with E-state index in [9.17, 15) is 14.4 Å². The molecule has 9 heteroatoms. The van der Waals surface area contributed by atoms with Crippen LogP contribution in [0.2, 0.25) is 0 Å². The Morgan fingerprint density at radius 2 is 2.11 bits per heavy atom. The number of esters is 1. The summed E-state index contributed by atoms with van der Waals surface area (Å²) in [6.07, 6.45) is 5.02. The lowest BCUT2D eigenvalue weighted by Gasteiger charge is -2.28. The molecule has 2 aromatic rings. The molecule has 27 heavy (non-hydrogen) atoms. The molecule has 0 radical (unpaired) electrons. The van der Waals surface area contributed by atoms with Crippen LogP contribution in [0, 0.1) is 0 Å². The molecule has 0 unspecified atom stereocenters. The van der Waals surface area contributed by atoms with Crippen molar-refractivity contribution in [2.75, 3.05) is 12.3 Å². The predicted octanol–water partition coefficient (Wildman–Crippen LogP) is 1.74. The molecule has 2 aromatic heterocycles. The van der Waals surface area contributed by atoms with E-state index in [0.29, 0.717) is 30.0 Å². The highest BCUT2D eigenvalue weighted by atomic mass is 32.2. The number of aromatic nitrogens is 2. The molecular formula is C18H19N3O4S2. The molecule has 0 bridgehead atoms. The van der Waals surface area contributed by atoms with Crippen LogP contribution in [0.15, 0.2) is 10.9 Å². The highest BCUT2D eigenvalue weighted by Crippen LogP contribution is 2.45. The number of carbonyl (C=O) groups is 2. The van der Waals surface area contributed by atoms with Crippen LogP contribution < -0.4 is 5.56 Å². The van der Waals surface area contributed by atoms with E-state index in [1.54, 1.807) is 20.6 Å². The minimum atomic E-state index is -0.877. The van der Waals surface area contributed by atoms with Gasteiger partial charge in [0.25, 0.3) is 5.56 Å². The number of fused-ring (bicyclic) bond motifs is 4. The Kier molecular flexibility index (Phi) is 4.05. The van der Waals surface area contributed by atoms with Crippen molar-refractivity contribution < 1.29 is 14.3 Å². The lowest BCUT2D eigenvalue weighted by atomic mass is 10.0. The Hall–Kier alpha value is -1.87. The second-order valence-electron chi connectivity index (χ2n) is 7.14. The number of hydrogen-bond donors (Lipinski definition) is 0. The van der Waals surface area contributed by atoms with Crippen molar-refractivity contribution in [2.24, 2.45) is 0 Å². The van der Waals surface area contributed by atoms with E-state index in [1.165, 1.54) is 22.7 Å².